The zero-order chi connectivity index (χ0) is 17.5. The van der Waals surface area contributed by atoms with Crippen LogP contribution >= 0.6 is 0 Å². The molecule has 0 radical (unpaired) electrons. The van der Waals surface area contributed by atoms with Crippen molar-refractivity contribution in [2.24, 2.45) is 0 Å². The molecule has 0 aliphatic rings. The number of anilines is 1. The van der Waals surface area contributed by atoms with Gasteiger partial charge in [-0.05, 0) is 44.2 Å². The SMILES string of the molecule is CC(C)Oc1ccc(NC(=O)NCC(O)c2ccccc2F)cc1. The minimum atomic E-state index is -1.11. The predicted molar refractivity (Wildman–Crippen MR) is 90.6 cm³/mol. The van der Waals surface area contributed by atoms with Gasteiger partial charge in [0.15, 0.2) is 0 Å². The first-order valence-electron chi connectivity index (χ1n) is 7.70. The Labute approximate surface area is 140 Å². The van der Waals surface area contributed by atoms with E-state index < -0.39 is 18.0 Å². The molecule has 0 saturated carbocycles. The van der Waals surface area contributed by atoms with Gasteiger partial charge in [-0.15, -0.1) is 0 Å². The molecule has 1 unspecified atom stereocenters. The summed E-state index contributed by atoms with van der Waals surface area (Å²) in [5, 5.41) is 15.1. The van der Waals surface area contributed by atoms with Crippen molar-refractivity contribution in [1.82, 2.24) is 5.32 Å². The number of halogens is 1. The largest absolute Gasteiger partial charge is 0.491 e. The second-order valence-corrected chi connectivity index (χ2v) is 5.56. The number of carbonyl (C=O) groups excluding carboxylic acids is 1. The average Bonchev–Trinajstić information content (AvgIpc) is 2.54. The lowest BCUT2D eigenvalue weighted by atomic mass is 10.1. The van der Waals surface area contributed by atoms with Crippen LogP contribution in [-0.2, 0) is 0 Å². The number of carbonyl (C=O) groups is 1. The molecule has 0 bridgehead atoms. The van der Waals surface area contributed by atoms with Gasteiger partial charge in [0.25, 0.3) is 0 Å². The van der Waals surface area contributed by atoms with Crippen molar-refractivity contribution in [3.63, 3.8) is 0 Å². The number of urea groups is 1. The van der Waals surface area contributed by atoms with Crippen LogP contribution < -0.4 is 15.4 Å². The monoisotopic (exact) mass is 332 g/mol. The van der Waals surface area contributed by atoms with Crippen molar-refractivity contribution in [3.05, 3.63) is 59.9 Å². The molecular weight excluding hydrogens is 311 g/mol. The fraction of sp³-hybridized carbons (Fsp3) is 0.278. The number of benzene rings is 2. The lowest BCUT2D eigenvalue weighted by molar-refractivity contribution is 0.170. The summed E-state index contributed by atoms with van der Waals surface area (Å²) < 4.78 is 19.1. The van der Waals surface area contributed by atoms with Gasteiger partial charge in [-0.25, -0.2) is 9.18 Å². The van der Waals surface area contributed by atoms with Gasteiger partial charge < -0.3 is 20.5 Å². The first kappa shape index (κ1) is 17.7. The molecule has 0 saturated heterocycles. The van der Waals surface area contributed by atoms with Crippen LogP contribution in [-0.4, -0.2) is 23.8 Å². The van der Waals surface area contributed by atoms with Crippen molar-refractivity contribution in [2.45, 2.75) is 26.1 Å². The molecule has 0 fully saturated rings. The predicted octanol–water partition coefficient (Wildman–Crippen LogP) is 3.47. The molecular formula is C18H21FN2O3. The Morgan fingerprint density at radius 3 is 2.46 bits per heavy atom. The van der Waals surface area contributed by atoms with E-state index in [-0.39, 0.29) is 18.2 Å². The van der Waals surface area contributed by atoms with E-state index in [4.69, 9.17) is 4.74 Å². The number of hydrogen-bond acceptors (Lipinski definition) is 3. The van der Waals surface area contributed by atoms with Crippen LogP contribution in [0.25, 0.3) is 0 Å². The summed E-state index contributed by atoms with van der Waals surface area (Å²) in [5.74, 6) is 0.207. The van der Waals surface area contributed by atoms with E-state index in [1.54, 1.807) is 36.4 Å². The Morgan fingerprint density at radius 2 is 1.83 bits per heavy atom. The van der Waals surface area contributed by atoms with Crippen molar-refractivity contribution in [2.75, 3.05) is 11.9 Å². The zero-order valence-corrected chi connectivity index (χ0v) is 13.6. The number of ether oxygens (including phenoxy) is 1. The maximum Gasteiger partial charge on any atom is 0.319 e. The third-order valence-corrected chi connectivity index (χ3v) is 3.20. The molecule has 128 valence electrons. The molecule has 3 N–H and O–H groups in total. The smallest absolute Gasteiger partial charge is 0.319 e. The van der Waals surface area contributed by atoms with Crippen LogP contribution in [0.5, 0.6) is 5.75 Å². The van der Waals surface area contributed by atoms with Crippen LogP contribution in [0.3, 0.4) is 0 Å². The molecule has 0 heterocycles. The highest BCUT2D eigenvalue weighted by molar-refractivity contribution is 5.89. The zero-order valence-electron chi connectivity index (χ0n) is 13.6. The first-order valence-corrected chi connectivity index (χ1v) is 7.70. The molecule has 0 aromatic heterocycles. The minimum Gasteiger partial charge on any atom is -0.491 e. The fourth-order valence-corrected chi connectivity index (χ4v) is 2.11. The number of nitrogens with one attached hydrogen (secondary N) is 2. The summed E-state index contributed by atoms with van der Waals surface area (Å²) in [7, 11) is 0. The molecule has 5 nitrogen and oxygen atoms in total. The quantitative estimate of drug-likeness (QED) is 0.758. The third kappa shape index (κ3) is 5.24. The number of aliphatic hydroxyl groups excluding tert-OH is 1. The van der Waals surface area contributed by atoms with E-state index in [1.165, 1.54) is 12.1 Å². The minimum absolute atomic E-state index is 0.0759. The maximum atomic E-state index is 13.5. The topological polar surface area (TPSA) is 70.6 Å². The number of rotatable bonds is 6. The van der Waals surface area contributed by atoms with Gasteiger partial charge in [0, 0.05) is 17.8 Å². The molecule has 2 aromatic rings. The van der Waals surface area contributed by atoms with E-state index in [2.05, 4.69) is 10.6 Å². The number of aliphatic hydroxyl groups is 1. The molecule has 24 heavy (non-hydrogen) atoms. The molecule has 6 heteroatoms. The molecule has 2 aromatic carbocycles. The summed E-state index contributed by atoms with van der Waals surface area (Å²) in [6, 6.07) is 12.4. The lowest BCUT2D eigenvalue weighted by Crippen LogP contribution is -2.32. The highest BCUT2D eigenvalue weighted by Gasteiger charge is 2.13. The Morgan fingerprint density at radius 1 is 1.17 bits per heavy atom. The summed E-state index contributed by atoms with van der Waals surface area (Å²) in [4.78, 5) is 11.8. The van der Waals surface area contributed by atoms with Crippen molar-refractivity contribution in [3.8, 4) is 5.75 Å². The Balaban J connectivity index is 1.84. The second kappa shape index (κ2) is 8.31. The van der Waals surface area contributed by atoms with Crippen LogP contribution in [0.2, 0.25) is 0 Å². The standard InChI is InChI=1S/C18H21FN2O3/c1-12(2)24-14-9-7-13(8-10-14)21-18(23)20-11-17(22)15-5-3-4-6-16(15)19/h3-10,12,17,22H,11H2,1-2H3,(H2,20,21,23). The molecule has 2 amide bonds. The molecule has 2 rings (SSSR count). The maximum absolute atomic E-state index is 13.5. The molecule has 0 aliphatic heterocycles. The van der Waals surface area contributed by atoms with Crippen LogP contribution in [0.4, 0.5) is 14.9 Å². The van der Waals surface area contributed by atoms with Gasteiger partial charge in [-0.1, -0.05) is 18.2 Å². The molecule has 0 spiro atoms. The van der Waals surface area contributed by atoms with E-state index in [0.29, 0.717) is 11.4 Å². The fourth-order valence-electron chi connectivity index (χ4n) is 2.11. The van der Waals surface area contributed by atoms with Gasteiger partial charge in [0.05, 0.1) is 12.2 Å². The van der Waals surface area contributed by atoms with Crippen molar-refractivity contribution < 1.29 is 19.0 Å². The molecule has 0 aliphatic carbocycles. The van der Waals surface area contributed by atoms with Crippen molar-refractivity contribution in [1.29, 1.82) is 0 Å². The number of amides is 2. The van der Waals surface area contributed by atoms with Gasteiger partial charge in [0.2, 0.25) is 0 Å². The number of hydrogen-bond donors (Lipinski definition) is 3. The van der Waals surface area contributed by atoms with Crippen LogP contribution in [0.1, 0.15) is 25.5 Å². The summed E-state index contributed by atoms with van der Waals surface area (Å²) >= 11 is 0. The third-order valence-electron chi connectivity index (χ3n) is 3.20. The lowest BCUT2D eigenvalue weighted by Gasteiger charge is -2.14. The van der Waals surface area contributed by atoms with Gasteiger partial charge in [0.1, 0.15) is 11.6 Å². The average molecular weight is 332 g/mol. The Bertz CT molecular complexity index is 674. The van der Waals surface area contributed by atoms with E-state index in [1.807, 2.05) is 13.8 Å². The Kier molecular flexibility index (Phi) is 6.14. The van der Waals surface area contributed by atoms with Gasteiger partial charge in [-0.3, -0.25) is 0 Å². The van der Waals surface area contributed by atoms with E-state index in [0.717, 1.165) is 0 Å². The normalized spacial score (nSPS) is 11.9. The Hall–Kier alpha value is -2.60. The highest BCUT2D eigenvalue weighted by atomic mass is 19.1. The highest BCUT2D eigenvalue weighted by Crippen LogP contribution is 2.17. The van der Waals surface area contributed by atoms with E-state index >= 15 is 0 Å². The second-order valence-electron chi connectivity index (χ2n) is 5.56. The first-order chi connectivity index (χ1) is 11.5. The molecule has 1 atom stereocenters. The van der Waals surface area contributed by atoms with Gasteiger partial charge >= 0.3 is 6.03 Å². The van der Waals surface area contributed by atoms with Crippen LogP contribution in [0, 0.1) is 5.82 Å². The van der Waals surface area contributed by atoms with Gasteiger partial charge in [-0.2, -0.15) is 0 Å². The van der Waals surface area contributed by atoms with Crippen molar-refractivity contribution >= 4 is 11.7 Å². The summed E-state index contributed by atoms with van der Waals surface area (Å²) in [6.45, 7) is 3.77. The van der Waals surface area contributed by atoms with E-state index in [9.17, 15) is 14.3 Å². The summed E-state index contributed by atoms with van der Waals surface area (Å²) in [5.41, 5.74) is 0.733. The van der Waals surface area contributed by atoms with Crippen LogP contribution in [0.15, 0.2) is 48.5 Å². The summed E-state index contributed by atoms with van der Waals surface area (Å²) in [6.07, 6.45) is -1.04.